The molecule has 2 aromatic heterocycles. The number of nitrogens with zero attached hydrogens (tertiary/aromatic N) is 5. The highest BCUT2D eigenvalue weighted by Gasteiger charge is 2.20. The number of benzene rings is 4. The molecule has 3 heterocycles. The van der Waals surface area contributed by atoms with Gasteiger partial charge in [-0.2, -0.15) is 10.2 Å². The first-order valence-corrected chi connectivity index (χ1v) is 15.2. The largest absolute Gasteiger partial charge is 0.378 e. The summed E-state index contributed by atoms with van der Waals surface area (Å²) in [6.07, 6.45) is 0. The van der Waals surface area contributed by atoms with E-state index in [-0.39, 0.29) is 17.7 Å². The molecule has 6 aromatic rings. The number of morpholine rings is 1. The van der Waals surface area contributed by atoms with Crippen molar-refractivity contribution in [2.24, 2.45) is 7.05 Å². The third kappa shape index (κ3) is 5.43. The van der Waals surface area contributed by atoms with Gasteiger partial charge in [-0.25, -0.2) is 9.36 Å². The molecule has 0 spiro atoms. The first-order chi connectivity index (χ1) is 22.4. The van der Waals surface area contributed by atoms with Crippen molar-refractivity contribution in [3.8, 4) is 22.5 Å². The molecule has 1 aliphatic rings. The maximum atomic E-state index is 13.7. The normalized spacial score (nSPS) is 13.3. The van der Waals surface area contributed by atoms with Gasteiger partial charge in [-0.05, 0) is 31.2 Å². The summed E-state index contributed by atoms with van der Waals surface area (Å²) in [4.78, 5) is 42.2. The monoisotopic (exact) mass is 612 g/mol. The number of amides is 1. The topological polar surface area (TPSA) is 111 Å². The molecular formula is C36H32N6O4. The van der Waals surface area contributed by atoms with Crippen LogP contribution in [-0.4, -0.2) is 51.8 Å². The second kappa shape index (κ2) is 12.1. The van der Waals surface area contributed by atoms with Crippen molar-refractivity contribution >= 4 is 38.8 Å². The highest BCUT2D eigenvalue weighted by Crippen LogP contribution is 2.34. The zero-order chi connectivity index (χ0) is 31.8. The molecule has 0 atom stereocenters. The summed E-state index contributed by atoms with van der Waals surface area (Å²) in [6.45, 7) is 4.19. The van der Waals surface area contributed by atoms with Gasteiger partial charge in [0.05, 0.1) is 46.7 Å². The number of hydrogen-bond acceptors (Lipinski definition) is 7. The molecule has 46 heavy (non-hydrogen) atoms. The molecule has 0 radical (unpaired) electrons. The third-order valence-corrected chi connectivity index (χ3v) is 8.34. The first kappa shape index (κ1) is 29.1. The Bertz CT molecular complexity index is 2230. The van der Waals surface area contributed by atoms with Gasteiger partial charge in [0.25, 0.3) is 11.1 Å². The molecule has 1 N–H and O–H groups in total. The van der Waals surface area contributed by atoms with Gasteiger partial charge in [0.1, 0.15) is 6.54 Å². The van der Waals surface area contributed by atoms with Crippen LogP contribution in [0.25, 0.3) is 44.1 Å². The van der Waals surface area contributed by atoms with Crippen LogP contribution < -0.4 is 21.3 Å². The Labute approximate surface area is 264 Å². The lowest BCUT2D eigenvalue weighted by molar-refractivity contribution is -0.117. The average Bonchev–Trinajstić information content (AvgIpc) is 3.08. The molecule has 0 saturated carbocycles. The Morgan fingerprint density at radius 1 is 0.761 bits per heavy atom. The smallest absolute Gasteiger partial charge is 0.275 e. The highest BCUT2D eigenvalue weighted by atomic mass is 16.5. The van der Waals surface area contributed by atoms with Crippen molar-refractivity contribution in [1.82, 2.24) is 19.6 Å². The number of carbonyl (C=O) groups excluding carboxylic acids is 1. The molecular weight excluding hydrogens is 580 g/mol. The summed E-state index contributed by atoms with van der Waals surface area (Å²) in [7, 11) is 1.63. The fraction of sp³-hybridized carbons (Fsp3) is 0.194. The maximum absolute atomic E-state index is 13.7. The molecule has 7 rings (SSSR count). The van der Waals surface area contributed by atoms with E-state index in [1.165, 1.54) is 9.36 Å². The maximum Gasteiger partial charge on any atom is 0.275 e. The van der Waals surface area contributed by atoms with E-state index in [9.17, 15) is 14.4 Å². The minimum atomic E-state index is -0.398. The molecule has 0 aliphatic carbocycles. The van der Waals surface area contributed by atoms with Crippen LogP contribution in [0.4, 0.5) is 11.4 Å². The van der Waals surface area contributed by atoms with E-state index in [1.54, 1.807) is 19.2 Å². The number of hydrogen-bond donors (Lipinski definition) is 1. The van der Waals surface area contributed by atoms with E-state index in [2.05, 4.69) is 20.4 Å². The SMILES string of the molecule is Cc1ccc(-c2nn(CC(=O)Nc3cc(-c4nn(C)c(=O)c5ccccc45)ccc3N3CCOCC3)c(=O)c3ccccc23)cc1. The second-order valence-electron chi connectivity index (χ2n) is 11.4. The number of aryl methyl sites for hydroxylation is 2. The van der Waals surface area contributed by atoms with Crippen LogP contribution in [0.3, 0.4) is 0 Å². The summed E-state index contributed by atoms with van der Waals surface area (Å²) in [6, 6.07) is 28.4. The molecule has 4 aromatic carbocycles. The number of anilines is 2. The van der Waals surface area contributed by atoms with Gasteiger partial charge in [0.15, 0.2) is 0 Å². The van der Waals surface area contributed by atoms with Crippen LogP contribution in [-0.2, 0) is 23.1 Å². The zero-order valence-corrected chi connectivity index (χ0v) is 25.6. The van der Waals surface area contributed by atoms with Gasteiger partial charge in [-0.1, -0.05) is 72.3 Å². The zero-order valence-electron chi connectivity index (χ0n) is 25.6. The van der Waals surface area contributed by atoms with Crippen molar-refractivity contribution in [3.05, 3.63) is 117 Å². The Morgan fingerprint density at radius 3 is 2.02 bits per heavy atom. The summed E-state index contributed by atoms with van der Waals surface area (Å²) < 4.78 is 8.13. The van der Waals surface area contributed by atoms with Gasteiger partial charge >= 0.3 is 0 Å². The second-order valence-corrected chi connectivity index (χ2v) is 11.4. The molecule has 10 heteroatoms. The van der Waals surface area contributed by atoms with Crippen LogP contribution in [0.5, 0.6) is 0 Å². The summed E-state index contributed by atoms with van der Waals surface area (Å²) >= 11 is 0. The summed E-state index contributed by atoms with van der Waals surface area (Å²) in [5.74, 6) is -0.398. The van der Waals surface area contributed by atoms with Gasteiger partial charge < -0.3 is 15.0 Å². The van der Waals surface area contributed by atoms with E-state index >= 15 is 0 Å². The lowest BCUT2D eigenvalue weighted by Crippen LogP contribution is -2.37. The molecule has 1 aliphatic heterocycles. The Hall–Kier alpha value is -5.61. The van der Waals surface area contributed by atoms with E-state index < -0.39 is 5.91 Å². The molecule has 230 valence electrons. The predicted octanol–water partition coefficient (Wildman–Crippen LogP) is 4.76. The molecule has 0 unspecified atom stereocenters. The Balaban J connectivity index is 1.28. The Kier molecular flexibility index (Phi) is 7.63. The fourth-order valence-corrected chi connectivity index (χ4v) is 5.97. The number of carbonyl (C=O) groups is 1. The molecule has 0 bridgehead atoms. The van der Waals surface area contributed by atoms with Crippen molar-refractivity contribution < 1.29 is 9.53 Å². The number of fused-ring (bicyclic) bond motifs is 2. The van der Waals surface area contributed by atoms with Crippen LogP contribution in [0, 0.1) is 6.92 Å². The van der Waals surface area contributed by atoms with Gasteiger partial charge in [-0.3, -0.25) is 14.4 Å². The fourth-order valence-electron chi connectivity index (χ4n) is 5.97. The quantitative estimate of drug-likeness (QED) is 0.289. The number of rotatable bonds is 6. The number of ether oxygens (including phenoxy) is 1. The average molecular weight is 613 g/mol. The van der Waals surface area contributed by atoms with Crippen molar-refractivity contribution in [2.45, 2.75) is 13.5 Å². The molecule has 10 nitrogen and oxygen atoms in total. The van der Waals surface area contributed by atoms with Crippen LogP contribution in [0.2, 0.25) is 0 Å². The Morgan fingerprint density at radius 2 is 1.35 bits per heavy atom. The van der Waals surface area contributed by atoms with E-state index in [4.69, 9.17) is 4.74 Å². The van der Waals surface area contributed by atoms with Gasteiger partial charge in [0, 0.05) is 42.0 Å². The molecule has 1 saturated heterocycles. The molecule has 1 fully saturated rings. The lowest BCUT2D eigenvalue weighted by atomic mass is 10.0. The van der Waals surface area contributed by atoms with E-state index in [0.717, 1.165) is 33.2 Å². The minimum Gasteiger partial charge on any atom is -0.378 e. The molecule has 1 amide bonds. The number of nitrogens with one attached hydrogen (secondary N) is 1. The minimum absolute atomic E-state index is 0.184. The van der Waals surface area contributed by atoms with Gasteiger partial charge in [-0.15, -0.1) is 0 Å². The van der Waals surface area contributed by atoms with Crippen LogP contribution >= 0.6 is 0 Å². The summed E-state index contributed by atoms with van der Waals surface area (Å²) in [5, 5.41) is 14.8. The standard InChI is InChI=1S/C36H32N6O4/c1-23-11-13-24(14-12-23)33-27-8-4-6-10-29(27)36(45)42(39-33)22-32(43)37-30-21-25(15-16-31(30)41-17-19-46-20-18-41)34-26-7-3-5-9-28(26)35(44)40(2)38-34/h3-16,21H,17-20,22H2,1-2H3,(H,37,43). The van der Waals surface area contributed by atoms with Crippen molar-refractivity contribution in [1.29, 1.82) is 0 Å². The van der Waals surface area contributed by atoms with Gasteiger partial charge in [0.2, 0.25) is 5.91 Å². The third-order valence-electron chi connectivity index (χ3n) is 8.34. The first-order valence-electron chi connectivity index (χ1n) is 15.2. The summed E-state index contributed by atoms with van der Waals surface area (Å²) in [5.41, 5.74) is 4.83. The number of aromatic nitrogens is 4. The van der Waals surface area contributed by atoms with E-state index in [0.29, 0.717) is 54.2 Å². The van der Waals surface area contributed by atoms with Crippen LogP contribution in [0.15, 0.2) is 101 Å². The van der Waals surface area contributed by atoms with Crippen molar-refractivity contribution in [2.75, 3.05) is 36.5 Å². The highest BCUT2D eigenvalue weighted by molar-refractivity contribution is 5.99. The van der Waals surface area contributed by atoms with Crippen LogP contribution in [0.1, 0.15) is 5.56 Å². The lowest BCUT2D eigenvalue weighted by Gasteiger charge is -2.31. The van der Waals surface area contributed by atoms with E-state index in [1.807, 2.05) is 85.8 Å². The predicted molar refractivity (Wildman–Crippen MR) is 180 cm³/mol. The van der Waals surface area contributed by atoms with Crippen molar-refractivity contribution in [3.63, 3.8) is 0 Å².